The minimum Gasteiger partial charge on any atom is -0.366 e. The number of nitrogens with zero attached hydrogens (tertiary/aromatic N) is 2. The normalized spacial score (nSPS) is 15.8. The van der Waals surface area contributed by atoms with Gasteiger partial charge in [-0.25, -0.2) is 0 Å². The van der Waals surface area contributed by atoms with Crippen molar-refractivity contribution < 1.29 is 9.72 Å². The maximum atomic E-state index is 11.2. The van der Waals surface area contributed by atoms with Crippen molar-refractivity contribution in [3.63, 3.8) is 0 Å². The van der Waals surface area contributed by atoms with Crippen LogP contribution in [0, 0.1) is 16.0 Å². The quantitative estimate of drug-likeness (QED) is 0.685. The zero-order valence-corrected chi connectivity index (χ0v) is 12.6. The number of carbonyl (C=O) groups excluding carboxylic acids is 1. The summed E-state index contributed by atoms with van der Waals surface area (Å²) in [6.07, 6.45) is 1.79. The average Bonchev–Trinajstić information content (AvgIpc) is 2.45. The second kappa shape index (κ2) is 6.76. The molecule has 1 aliphatic heterocycles. The van der Waals surface area contributed by atoms with Crippen molar-refractivity contribution in [2.45, 2.75) is 19.8 Å². The van der Waals surface area contributed by atoms with E-state index in [9.17, 15) is 14.9 Å². The number of anilines is 1. The first kappa shape index (κ1) is 15.6. The molecular formula is C14H18ClN3O3. The number of amides is 1. The average molecular weight is 312 g/mol. The predicted octanol–water partition coefficient (Wildman–Crippen LogP) is 2.60. The van der Waals surface area contributed by atoms with Crippen LogP contribution in [-0.4, -0.2) is 30.5 Å². The van der Waals surface area contributed by atoms with E-state index < -0.39 is 4.92 Å². The maximum Gasteiger partial charge on any atom is 0.310 e. The molecule has 1 fully saturated rings. The minimum absolute atomic E-state index is 0.0251. The summed E-state index contributed by atoms with van der Waals surface area (Å²) < 4.78 is 0. The van der Waals surface area contributed by atoms with Crippen molar-refractivity contribution in [3.05, 3.63) is 33.3 Å². The van der Waals surface area contributed by atoms with Crippen LogP contribution in [0.3, 0.4) is 0 Å². The van der Waals surface area contributed by atoms with Gasteiger partial charge in [-0.2, -0.15) is 0 Å². The first-order chi connectivity index (χ1) is 9.99. The lowest BCUT2D eigenvalue weighted by atomic mass is 9.96. The number of benzene rings is 1. The summed E-state index contributed by atoms with van der Waals surface area (Å²) in [5.41, 5.74) is 0.546. The molecule has 0 radical (unpaired) electrons. The van der Waals surface area contributed by atoms with Crippen molar-refractivity contribution in [1.82, 2.24) is 5.32 Å². The van der Waals surface area contributed by atoms with E-state index in [2.05, 4.69) is 5.32 Å². The molecule has 1 amide bonds. The van der Waals surface area contributed by atoms with Gasteiger partial charge in [0.25, 0.3) is 0 Å². The SMILES string of the molecule is CC(=O)NCC1CCN(c2cccc(Cl)c2[N+](=O)[O-])CC1. The third-order valence-corrected chi connectivity index (χ3v) is 4.05. The third kappa shape index (κ3) is 3.85. The van der Waals surface area contributed by atoms with E-state index in [-0.39, 0.29) is 16.6 Å². The predicted molar refractivity (Wildman–Crippen MR) is 81.7 cm³/mol. The summed E-state index contributed by atoms with van der Waals surface area (Å²) in [7, 11) is 0. The van der Waals surface area contributed by atoms with Crippen molar-refractivity contribution in [3.8, 4) is 0 Å². The summed E-state index contributed by atoms with van der Waals surface area (Å²) >= 11 is 5.94. The van der Waals surface area contributed by atoms with Crippen LogP contribution in [0.15, 0.2) is 18.2 Å². The highest BCUT2D eigenvalue weighted by molar-refractivity contribution is 6.33. The van der Waals surface area contributed by atoms with Gasteiger partial charge in [0.05, 0.1) is 4.92 Å². The van der Waals surface area contributed by atoms with Crippen molar-refractivity contribution >= 4 is 28.9 Å². The second-order valence-corrected chi connectivity index (χ2v) is 5.64. The van der Waals surface area contributed by atoms with E-state index >= 15 is 0 Å². The minimum atomic E-state index is -0.430. The number of hydrogen-bond acceptors (Lipinski definition) is 4. The standard InChI is InChI=1S/C14H18ClN3O3/c1-10(19)16-9-11-5-7-17(8-6-11)13-4-2-3-12(15)14(13)18(20)21/h2-4,11H,5-9H2,1H3,(H,16,19). The van der Waals surface area contributed by atoms with Crippen LogP contribution < -0.4 is 10.2 Å². The van der Waals surface area contributed by atoms with Crippen LogP contribution in [0.4, 0.5) is 11.4 Å². The molecule has 0 unspecified atom stereocenters. The Morgan fingerprint density at radius 2 is 2.14 bits per heavy atom. The summed E-state index contributed by atoms with van der Waals surface area (Å²) in [6.45, 7) is 3.63. The molecule has 7 heteroatoms. The fourth-order valence-corrected chi connectivity index (χ4v) is 2.84. The van der Waals surface area contributed by atoms with E-state index in [4.69, 9.17) is 11.6 Å². The number of nitro benzene ring substituents is 1. The van der Waals surface area contributed by atoms with Crippen LogP contribution in [-0.2, 0) is 4.79 Å². The highest BCUT2D eigenvalue weighted by Crippen LogP contribution is 2.36. The Labute approximate surface area is 128 Å². The number of carbonyl (C=O) groups is 1. The molecule has 0 spiro atoms. The van der Waals surface area contributed by atoms with Crippen LogP contribution in [0.2, 0.25) is 5.02 Å². The Hall–Kier alpha value is -1.82. The number of nitro groups is 1. The molecule has 0 saturated carbocycles. The van der Waals surface area contributed by atoms with Gasteiger partial charge in [0.2, 0.25) is 5.91 Å². The van der Waals surface area contributed by atoms with E-state index in [0.29, 0.717) is 18.2 Å². The Kier molecular flexibility index (Phi) is 5.01. The lowest BCUT2D eigenvalue weighted by molar-refractivity contribution is -0.384. The molecule has 0 aliphatic carbocycles. The summed E-state index contributed by atoms with van der Waals surface area (Å²) in [5.74, 6) is 0.395. The van der Waals surface area contributed by atoms with Gasteiger partial charge < -0.3 is 10.2 Å². The summed E-state index contributed by atoms with van der Waals surface area (Å²) in [4.78, 5) is 23.7. The molecular weight excluding hydrogens is 294 g/mol. The Morgan fingerprint density at radius 1 is 1.48 bits per heavy atom. The molecule has 21 heavy (non-hydrogen) atoms. The molecule has 1 N–H and O–H groups in total. The number of piperidine rings is 1. The Morgan fingerprint density at radius 3 is 2.71 bits per heavy atom. The molecule has 1 aromatic carbocycles. The van der Waals surface area contributed by atoms with Gasteiger partial charge in [-0.15, -0.1) is 0 Å². The molecule has 1 aliphatic rings. The molecule has 1 heterocycles. The number of halogens is 1. The number of nitrogens with one attached hydrogen (secondary N) is 1. The molecule has 2 rings (SSSR count). The van der Waals surface area contributed by atoms with Gasteiger partial charge in [-0.05, 0) is 30.9 Å². The topological polar surface area (TPSA) is 75.5 Å². The van der Waals surface area contributed by atoms with Gasteiger partial charge in [-0.1, -0.05) is 17.7 Å². The van der Waals surface area contributed by atoms with E-state index in [1.54, 1.807) is 12.1 Å². The lowest BCUT2D eigenvalue weighted by Gasteiger charge is -2.33. The first-order valence-electron chi connectivity index (χ1n) is 6.91. The first-order valence-corrected chi connectivity index (χ1v) is 7.29. The highest BCUT2D eigenvalue weighted by Gasteiger charge is 2.26. The maximum absolute atomic E-state index is 11.2. The van der Waals surface area contributed by atoms with E-state index in [1.807, 2.05) is 4.90 Å². The molecule has 1 saturated heterocycles. The molecule has 0 atom stereocenters. The fraction of sp³-hybridized carbons (Fsp3) is 0.500. The van der Waals surface area contributed by atoms with E-state index in [1.165, 1.54) is 13.0 Å². The Balaban J connectivity index is 2.04. The monoisotopic (exact) mass is 311 g/mol. The van der Waals surface area contributed by atoms with Gasteiger partial charge in [0, 0.05) is 26.6 Å². The molecule has 114 valence electrons. The van der Waals surface area contributed by atoms with Gasteiger partial charge in [-0.3, -0.25) is 14.9 Å². The second-order valence-electron chi connectivity index (χ2n) is 5.23. The van der Waals surface area contributed by atoms with Crippen molar-refractivity contribution in [2.24, 2.45) is 5.92 Å². The molecule has 0 aromatic heterocycles. The number of hydrogen-bond donors (Lipinski definition) is 1. The van der Waals surface area contributed by atoms with Gasteiger partial charge >= 0.3 is 5.69 Å². The fourth-order valence-electron chi connectivity index (χ4n) is 2.61. The number of para-hydroxylation sites is 1. The van der Waals surface area contributed by atoms with Crippen molar-refractivity contribution in [2.75, 3.05) is 24.5 Å². The zero-order valence-electron chi connectivity index (χ0n) is 11.8. The molecule has 1 aromatic rings. The largest absolute Gasteiger partial charge is 0.366 e. The highest BCUT2D eigenvalue weighted by atomic mass is 35.5. The zero-order chi connectivity index (χ0) is 15.4. The lowest BCUT2D eigenvalue weighted by Crippen LogP contribution is -2.38. The van der Waals surface area contributed by atoms with Crippen LogP contribution in [0.1, 0.15) is 19.8 Å². The summed E-state index contributed by atoms with van der Waals surface area (Å²) in [6, 6.07) is 5.00. The van der Waals surface area contributed by atoms with Gasteiger partial charge in [0.15, 0.2) is 0 Å². The smallest absolute Gasteiger partial charge is 0.310 e. The van der Waals surface area contributed by atoms with Crippen LogP contribution in [0.25, 0.3) is 0 Å². The van der Waals surface area contributed by atoms with Crippen LogP contribution >= 0.6 is 11.6 Å². The molecule has 6 nitrogen and oxygen atoms in total. The molecule has 0 bridgehead atoms. The number of rotatable bonds is 4. The third-order valence-electron chi connectivity index (χ3n) is 3.74. The summed E-state index contributed by atoms with van der Waals surface area (Å²) in [5, 5.41) is 14.2. The van der Waals surface area contributed by atoms with Gasteiger partial charge in [0.1, 0.15) is 10.7 Å². The van der Waals surface area contributed by atoms with Crippen LogP contribution in [0.5, 0.6) is 0 Å². The van der Waals surface area contributed by atoms with E-state index in [0.717, 1.165) is 25.9 Å². The Bertz CT molecular complexity index is 542. The van der Waals surface area contributed by atoms with Crippen molar-refractivity contribution in [1.29, 1.82) is 0 Å².